The Morgan fingerprint density at radius 3 is 2.18 bits per heavy atom. The highest BCUT2D eigenvalue weighted by molar-refractivity contribution is 5.98. The van der Waals surface area contributed by atoms with E-state index in [1.54, 1.807) is 0 Å². The van der Waals surface area contributed by atoms with Crippen molar-refractivity contribution in [3.05, 3.63) is 12.2 Å². The van der Waals surface area contributed by atoms with Crippen molar-refractivity contribution in [2.75, 3.05) is 0 Å². The molecule has 1 saturated heterocycles. The van der Waals surface area contributed by atoms with E-state index in [1.165, 1.54) is 6.92 Å². The highest BCUT2D eigenvalue weighted by Gasteiger charge is 2.47. The van der Waals surface area contributed by atoms with E-state index < -0.39 is 42.6 Å². The van der Waals surface area contributed by atoms with Gasteiger partial charge in [-0.3, -0.25) is 4.79 Å². The molecule has 0 aromatic heterocycles. The van der Waals surface area contributed by atoms with Crippen LogP contribution in [0.25, 0.3) is 0 Å². The number of carbonyl (C=O) groups is 1. The summed E-state index contributed by atoms with van der Waals surface area (Å²) in [6.45, 7) is 4.69. The van der Waals surface area contributed by atoms with Gasteiger partial charge in [0.15, 0.2) is 12.1 Å². The molecule has 1 fully saturated rings. The molecule has 6 atom stereocenters. The van der Waals surface area contributed by atoms with Gasteiger partial charge in [0.1, 0.15) is 30.5 Å². The summed E-state index contributed by atoms with van der Waals surface area (Å²) in [6.07, 6.45) is -10.2. The number of carbonyl (C=O) groups excluding carboxylic acids is 1. The second kappa shape index (κ2) is 5.21. The van der Waals surface area contributed by atoms with Gasteiger partial charge < -0.3 is 30.3 Å². The van der Waals surface area contributed by atoms with Crippen LogP contribution in [0.2, 0.25) is 0 Å². The van der Waals surface area contributed by atoms with E-state index in [9.17, 15) is 30.3 Å². The smallest absolute Gasteiger partial charge is 0.189 e. The fourth-order valence-electron chi connectivity index (χ4n) is 1.55. The van der Waals surface area contributed by atoms with Crippen LogP contribution in [0.5, 0.6) is 0 Å². The standard InChI is InChI=1S/C10H16O7/c1-3(2)4(11)6(13)9-7(14)5(12)8(15)10(16)17-9/h5-10,12-16H,1H2,2H3/t5-,6?,7+,8+,9+,10-/m0/s1. The molecule has 0 aromatic carbocycles. The van der Waals surface area contributed by atoms with Gasteiger partial charge in [-0.05, 0) is 12.5 Å². The van der Waals surface area contributed by atoms with Crippen molar-refractivity contribution in [2.45, 2.75) is 43.7 Å². The van der Waals surface area contributed by atoms with E-state index in [2.05, 4.69) is 6.58 Å². The molecule has 0 saturated carbocycles. The molecule has 1 aliphatic rings. The van der Waals surface area contributed by atoms with Gasteiger partial charge in [-0.2, -0.15) is 0 Å². The lowest BCUT2D eigenvalue weighted by molar-refractivity contribution is -0.293. The Balaban J connectivity index is 2.84. The quantitative estimate of drug-likeness (QED) is 0.344. The van der Waals surface area contributed by atoms with Crippen molar-refractivity contribution in [2.24, 2.45) is 0 Å². The lowest BCUT2D eigenvalue weighted by atomic mass is 9.92. The van der Waals surface area contributed by atoms with Crippen LogP contribution in [-0.2, 0) is 9.53 Å². The largest absolute Gasteiger partial charge is 0.387 e. The summed E-state index contributed by atoms with van der Waals surface area (Å²) in [5.74, 6) is -0.773. The maximum atomic E-state index is 11.4. The van der Waals surface area contributed by atoms with Crippen molar-refractivity contribution in [1.29, 1.82) is 0 Å². The zero-order valence-electron chi connectivity index (χ0n) is 9.22. The Hall–Kier alpha value is -0.830. The van der Waals surface area contributed by atoms with Gasteiger partial charge in [0.2, 0.25) is 0 Å². The third-order valence-electron chi connectivity index (χ3n) is 2.63. The van der Waals surface area contributed by atoms with Crippen molar-refractivity contribution in [3.63, 3.8) is 0 Å². The fraction of sp³-hybridized carbons (Fsp3) is 0.700. The van der Waals surface area contributed by atoms with E-state index in [0.29, 0.717) is 0 Å². The van der Waals surface area contributed by atoms with Crippen LogP contribution < -0.4 is 0 Å². The van der Waals surface area contributed by atoms with Gasteiger partial charge in [-0.25, -0.2) is 0 Å². The number of rotatable bonds is 3. The monoisotopic (exact) mass is 248 g/mol. The van der Waals surface area contributed by atoms with E-state index in [0.717, 1.165) is 0 Å². The molecule has 5 N–H and O–H groups in total. The van der Waals surface area contributed by atoms with E-state index in [4.69, 9.17) is 4.74 Å². The molecule has 1 heterocycles. The summed E-state index contributed by atoms with van der Waals surface area (Å²) in [5, 5.41) is 46.9. The van der Waals surface area contributed by atoms with Crippen LogP contribution >= 0.6 is 0 Å². The van der Waals surface area contributed by atoms with Crippen LogP contribution in [0.1, 0.15) is 6.92 Å². The minimum atomic E-state index is -1.79. The van der Waals surface area contributed by atoms with Crippen LogP contribution in [0.15, 0.2) is 12.2 Å². The number of ketones is 1. The van der Waals surface area contributed by atoms with Crippen LogP contribution in [-0.4, -0.2) is 68.1 Å². The van der Waals surface area contributed by atoms with E-state index in [1.807, 2.05) is 0 Å². The van der Waals surface area contributed by atoms with Crippen LogP contribution in [0.4, 0.5) is 0 Å². The average Bonchev–Trinajstić information content (AvgIpc) is 2.29. The topological polar surface area (TPSA) is 127 Å². The molecule has 0 bridgehead atoms. The number of hydrogen-bond acceptors (Lipinski definition) is 7. The summed E-state index contributed by atoms with van der Waals surface area (Å²) in [5.41, 5.74) is 0.0448. The summed E-state index contributed by atoms with van der Waals surface area (Å²) in [6, 6.07) is 0. The summed E-state index contributed by atoms with van der Waals surface area (Å²) in [7, 11) is 0. The molecular weight excluding hydrogens is 232 g/mol. The predicted molar refractivity (Wildman–Crippen MR) is 54.7 cm³/mol. The summed E-state index contributed by atoms with van der Waals surface area (Å²) < 4.78 is 4.70. The van der Waals surface area contributed by atoms with Crippen molar-refractivity contribution in [3.8, 4) is 0 Å². The number of aliphatic hydroxyl groups is 5. The normalized spacial score (nSPS) is 39.8. The Morgan fingerprint density at radius 1 is 1.18 bits per heavy atom. The molecule has 1 rings (SSSR count). The molecule has 7 nitrogen and oxygen atoms in total. The average molecular weight is 248 g/mol. The SMILES string of the molecule is C=C(C)C(=O)C(O)[C@H]1O[C@H](O)[C@H](O)[C@@H](O)[C@H]1O. The minimum Gasteiger partial charge on any atom is -0.387 e. The van der Waals surface area contributed by atoms with Crippen LogP contribution in [0.3, 0.4) is 0 Å². The van der Waals surface area contributed by atoms with E-state index >= 15 is 0 Å². The molecule has 7 heteroatoms. The third-order valence-corrected chi connectivity index (χ3v) is 2.63. The minimum absolute atomic E-state index is 0.0448. The molecule has 1 aliphatic heterocycles. The second-order valence-corrected chi connectivity index (χ2v) is 4.05. The van der Waals surface area contributed by atoms with Gasteiger partial charge in [0.05, 0.1) is 0 Å². The van der Waals surface area contributed by atoms with Gasteiger partial charge in [-0.1, -0.05) is 6.58 Å². The Morgan fingerprint density at radius 2 is 1.71 bits per heavy atom. The number of aliphatic hydroxyl groups excluding tert-OH is 5. The van der Waals surface area contributed by atoms with Crippen molar-refractivity contribution < 1.29 is 35.1 Å². The van der Waals surface area contributed by atoms with Gasteiger partial charge in [-0.15, -0.1) is 0 Å². The van der Waals surface area contributed by atoms with Crippen molar-refractivity contribution in [1.82, 2.24) is 0 Å². The maximum absolute atomic E-state index is 11.4. The molecule has 0 aromatic rings. The Kier molecular flexibility index (Phi) is 4.36. The zero-order valence-corrected chi connectivity index (χ0v) is 9.22. The molecule has 0 spiro atoms. The molecule has 0 aliphatic carbocycles. The second-order valence-electron chi connectivity index (χ2n) is 4.05. The first-order chi connectivity index (χ1) is 7.77. The third kappa shape index (κ3) is 2.71. The number of Topliss-reactive ketones (excluding diaryl/α,β-unsaturated/α-hetero) is 1. The first-order valence-corrected chi connectivity index (χ1v) is 5.03. The first kappa shape index (κ1) is 14.2. The maximum Gasteiger partial charge on any atom is 0.189 e. The van der Waals surface area contributed by atoms with Gasteiger partial charge in [0, 0.05) is 0 Å². The van der Waals surface area contributed by atoms with Gasteiger partial charge >= 0.3 is 0 Å². The highest BCUT2D eigenvalue weighted by atomic mass is 16.6. The summed E-state index contributed by atoms with van der Waals surface area (Å²) >= 11 is 0. The lowest BCUT2D eigenvalue weighted by Crippen LogP contribution is -2.61. The molecule has 0 amide bonds. The molecule has 0 radical (unpaired) electrons. The highest BCUT2D eigenvalue weighted by Crippen LogP contribution is 2.23. The lowest BCUT2D eigenvalue weighted by Gasteiger charge is -2.39. The molecule has 17 heavy (non-hydrogen) atoms. The molecular formula is C10H16O7. The number of hydrogen-bond donors (Lipinski definition) is 5. The Bertz CT molecular complexity index is 316. The fourth-order valence-corrected chi connectivity index (χ4v) is 1.55. The molecule has 98 valence electrons. The number of ether oxygens (including phenoxy) is 1. The van der Waals surface area contributed by atoms with Gasteiger partial charge in [0.25, 0.3) is 0 Å². The molecule has 1 unspecified atom stereocenters. The first-order valence-electron chi connectivity index (χ1n) is 5.03. The predicted octanol–water partition coefficient (Wildman–Crippen LogP) is -2.71. The zero-order chi connectivity index (χ0) is 13.3. The Labute approximate surface area is 97.6 Å². The van der Waals surface area contributed by atoms with E-state index in [-0.39, 0.29) is 5.57 Å². The van der Waals surface area contributed by atoms with Crippen LogP contribution in [0, 0.1) is 0 Å². The van der Waals surface area contributed by atoms with Crippen molar-refractivity contribution >= 4 is 5.78 Å². The summed E-state index contributed by atoms with van der Waals surface area (Å²) in [4.78, 5) is 11.4.